The summed E-state index contributed by atoms with van der Waals surface area (Å²) in [6.45, 7) is 1.42. The molecule has 0 aliphatic carbocycles. The Labute approximate surface area is 152 Å². The smallest absolute Gasteiger partial charge is 0.244 e. The summed E-state index contributed by atoms with van der Waals surface area (Å²) in [5.41, 5.74) is 0.447. The summed E-state index contributed by atoms with van der Waals surface area (Å²) in [6.07, 6.45) is 3.41. The van der Waals surface area contributed by atoms with E-state index in [2.05, 4.69) is 11.2 Å². The lowest BCUT2D eigenvalue weighted by Crippen LogP contribution is -2.41. The van der Waals surface area contributed by atoms with Gasteiger partial charge in [-0.25, -0.2) is 0 Å². The number of β-amino-alcohol motifs (C(OH)–C–C–N with tert-alkyl or cyclic N) is 1. The molecule has 1 aromatic heterocycles. The molecule has 138 valence electrons. The van der Waals surface area contributed by atoms with Crippen LogP contribution >= 0.6 is 0 Å². The molecular weight excluding hydrogens is 334 g/mol. The van der Waals surface area contributed by atoms with Crippen molar-refractivity contribution in [3.05, 3.63) is 48.3 Å². The first-order chi connectivity index (χ1) is 12.6. The van der Waals surface area contributed by atoms with Gasteiger partial charge >= 0.3 is 0 Å². The summed E-state index contributed by atoms with van der Waals surface area (Å²) >= 11 is 0. The summed E-state index contributed by atoms with van der Waals surface area (Å²) in [7, 11) is 1.65. The zero-order valence-corrected chi connectivity index (χ0v) is 14.7. The van der Waals surface area contributed by atoms with Gasteiger partial charge in [0.1, 0.15) is 24.0 Å². The van der Waals surface area contributed by atoms with Crippen LogP contribution in [0.5, 0.6) is 5.75 Å². The number of methoxy groups -OCH3 is 1. The molecule has 3 heterocycles. The number of hydrogen-bond acceptors (Lipinski definition) is 5. The Morgan fingerprint density at radius 3 is 3.12 bits per heavy atom. The minimum Gasteiger partial charge on any atom is -0.497 e. The molecule has 1 N–H and O–H groups in total. The SMILES string of the molecule is COc1cccc([C@H]2CO[C@]3(C2)CN(C(=O)Cn2cccn2)C[C@H]3O)c1. The molecule has 4 rings (SSSR count). The molecule has 26 heavy (non-hydrogen) atoms. The van der Waals surface area contributed by atoms with Gasteiger partial charge in [-0.2, -0.15) is 5.10 Å². The Morgan fingerprint density at radius 1 is 1.46 bits per heavy atom. The van der Waals surface area contributed by atoms with Crippen molar-refractivity contribution in [2.75, 3.05) is 26.8 Å². The maximum absolute atomic E-state index is 12.5. The van der Waals surface area contributed by atoms with E-state index in [-0.39, 0.29) is 18.4 Å². The van der Waals surface area contributed by atoms with E-state index in [1.54, 1.807) is 35.2 Å². The molecular formula is C19H23N3O4. The van der Waals surface area contributed by atoms with E-state index < -0.39 is 11.7 Å². The molecule has 2 aliphatic rings. The molecule has 0 radical (unpaired) electrons. The maximum Gasteiger partial charge on any atom is 0.244 e. The number of likely N-dealkylation sites (tertiary alicyclic amines) is 1. The number of carbonyl (C=O) groups is 1. The van der Waals surface area contributed by atoms with Gasteiger partial charge in [-0.3, -0.25) is 9.48 Å². The minimum atomic E-state index is -0.687. The van der Waals surface area contributed by atoms with Crippen LogP contribution in [0.3, 0.4) is 0 Å². The summed E-state index contributed by atoms with van der Waals surface area (Å²) in [5.74, 6) is 0.936. The Hall–Kier alpha value is -2.38. The van der Waals surface area contributed by atoms with Crippen LogP contribution in [-0.4, -0.2) is 64.2 Å². The zero-order chi connectivity index (χ0) is 18.1. The molecule has 2 fully saturated rings. The third-order valence-electron chi connectivity index (χ3n) is 5.40. The van der Waals surface area contributed by atoms with Crippen LogP contribution in [0.15, 0.2) is 42.7 Å². The van der Waals surface area contributed by atoms with Crippen molar-refractivity contribution in [3.63, 3.8) is 0 Å². The van der Waals surface area contributed by atoms with Crippen molar-refractivity contribution >= 4 is 5.91 Å². The fraction of sp³-hybridized carbons (Fsp3) is 0.474. The second-order valence-corrected chi connectivity index (χ2v) is 7.05. The van der Waals surface area contributed by atoms with E-state index in [9.17, 15) is 9.90 Å². The van der Waals surface area contributed by atoms with Gasteiger partial charge in [0, 0.05) is 24.9 Å². The third-order valence-corrected chi connectivity index (χ3v) is 5.40. The first-order valence-electron chi connectivity index (χ1n) is 8.81. The molecule has 0 bridgehead atoms. The highest BCUT2D eigenvalue weighted by Crippen LogP contribution is 2.42. The van der Waals surface area contributed by atoms with Gasteiger partial charge in [0.2, 0.25) is 5.91 Å². The van der Waals surface area contributed by atoms with Crippen LogP contribution in [0.2, 0.25) is 0 Å². The fourth-order valence-corrected chi connectivity index (χ4v) is 3.94. The highest BCUT2D eigenvalue weighted by atomic mass is 16.5. The lowest BCUT2D eigenvalue weighted by atomic mass is 9.87. The second kappa shape index (κ2) is 6.74. The Balaban J connectivity index is 1.45. The first kappa shape index (κ1) is 17.1. The van der Waals surface area contributed by atoms with Gasteiger partial charge in [-0.05, 0) is 30.2 Å². The number of hydrogen-bond donors (Lipinski definition) is 1. The number of rotatable bonds is 4. The summed E-state index contributed by atoms with van der Waals surface area (Å²) in [6, 6.07) is 9.72. The van der Waals surface area contributed by atoms with Crippen LogP contribution in [0, 0.1) is 0 Å². The van der Waals surface area contributed by atoms with E-state index in [1.165, 1.54) is 0 Å². The molecule has 2 aromatic rings. The number of amides is 1. The fourth-order valence-electron chi connectivity index (χ4n) is 3.94. The van der Waals surface area contributed by atoms with Gasteiger partial charge in [0.25, 0.3) is 0 Å². The predicted molar refractivity (Wildman–Crippen MR) is 93.8 cm³/mol. The van der Waals surface area contributed by atoms with E-state index >= 15 is 0 Å². The Kier molecular flexibility index (Phi) is 4.42. The molecule has 2 aliphatic heterocycles. The average Bonchev–Trinajstić information content (AvgIpc) is 3.38. The maximum atomic E-state index is 12.5. The molecule has 1 spiro atoms. The lowest BCUT2D eigenvalue weighted by Gasteiger charge is -2.26. The largest absolute Gasteiger partial charge is 0.497 e. The zero-order valence-electron chi connectivity index (χ0n) is 14.7. The van der Waals surface area contributed by atoms with Crippen LogP contribution in [0.1, 0.15) is 17.9 Å². The van der Waals surface area contributed by atoms with E-state index in [1.807, 2.05) is 18.2 Å². The van der Waals surface area contributed by atoms with E-state index in [0.29, 0.717) is 26.1 Å². The number of ether oxygens (including phenoxy) is 2. The molecule has 7 heteroatoms. The monoisotopic (exact) mass is 357 g/mol. The third kappa shape index (κ3) is 3.08. The van der Waals surface area contributed by atoms with Crippen LogP contribution in [-0.2, 0) is 16.1 Å². The highest BCUT2D eigenvalue weighted by Gasteiger charge is 2.53. The van der Waals surface area contributed by atoms with Crippen LogP contribution in [0.4, 0.5) is 0 Å². The summed E-state index contributed by atoms with van der Waals surface area (Å²) < 4.78 is 13.0. The number of carbonyl (C=O) groups excluding carboxylic acids is 1. The van der Waals surface area contributed by atoms with Gasteiger partial charge in [0.05, 0.1) is 20.3 Å². The molecule has 3 atom stereocenters. The molecule has 1 aromatic carbocycles. The van der Waals surface area contributed by atoms with Crippen LogP contribution < -0.4 is 4.74 Å². The average molecular weight is 357 g/mol. The Bertz CT molecular complexity index is 779. The number of nitrogens with zero attached hydrogens (tertiary/aromatic N) is 3. The van der Waals surface area contributed by atoms with Crippen molar-refractivity contribution in [1.29, 1.82) is 0 Å². The number of aromatic nitrogens is 2. The van der Waals surface area contributed by atoms with Gasteiger partial charge in [-0.1, -0.05) is 12.1 Å². The van der Waals surface area contributed by atoms with E-state index in [4.69, 9.17) is 9.47 Å². The van der Waals surface area contributed by atoms with E-state index in [0.717, 1.165) is 11.3 Å². The molecule has 0 saturated carbocycles. The van der Waals surface area contributed by atoms with Crippen LogP contribution in [0.25, 0.3) is 0 Å². The first-order valence-corrected chi connectivity index (χ1v) is 8.81. The van der Waals surface area contributed by atoms with Crippen molar-refractivity contribution < 1.29 is 19.4 Å². The van der Waals surface area contributed by atoms with Gasteiger partial charge in [0.15, 0.2) is 0 Å². The van der Waals surface area contributed by atoms with Crippen molar-refractivity contribution in [2.45, 2.75) is 30.6 Å². The number of aliphatic hydroxyl groups is 1. The highest BCUT2D eigenvalue weighted by molar-refractivity contribution is 5.76. The quantitative estimate of drug-likeness (QED) is 0.885. The normalized spacial score (nSPS) is 28.0. The van der Waals surface area contributed by atoms with Gasteiger partial charge < -0.3 is 19.5 Å². The molecule has 1 amide bonds. The molecule has 0 unspecified atom stereocenters. The number of benzene rings is 1. The molecule has 7 nitrogen and oxygen atoms in total. The summed E-state index contributed by atoms with van der Waals surface area (Å²) in [5, 5.41) is 14.7. The van der Waals surface area contributed by atoms with Gasteiger partial charge in [-0.15, -0.1) is 0 Å². The standard InChI is InChI=1S/C19H23N3O4/c1-25-16-5-2-4-14(8-16)15-9-19(26-12-15)13-21(10-17(19)23)18(24)11-22-7-3-6-20-22/h2-8,15,17,23H,9-13H2,1H3/t15-,17-,19-/m1/s1. The number of aliphatic hydroxyl groups excluding tert-OH is 1. The Morgan fingerprint density at radius 2 is 2.35 bits per heavy atom. The lowest BCUT2D eigenvalue weighted by molar-refractivity contribution is -0.132. The topological polar surface area (TPSA) is 76.8 Å². The van der Waals surface area contributed by atoms with Crippen molar-refractivity contribution in [2.24, 2.45) is 0 Å². The minimum absolute atomic E-state index is 0.0574. The predicted octanol–water partition coefficient (Wildman–Crippen LogP) is 1.04. The van der Waals surface area contributed by atoms with Crippen molar-refractivity contribution in [3.8, 4) is 5.75 Å². The van der Waals surface area contributed by atoms with Crippen molar-refractivity contribution in [1.82, 2.24) is 14.7 Å². The summed E-state index contributed by atoms with van der Waals surface area (Å²) in [4.78, 5) is 14.2. The second-order valence-electron chi connectivity index (χ2n) is 7.05. The molecule has 2 saturated heterocycles.